The van der Waals surface area contributed by atoms with Gasteiger partial charge in [-0.2, -0.15) is 0 Å². The lowest BCUT2D eigenvalue weighted by Crippen LogP contribution is -2.13. The summed E-state index contributed by atoms with van der Waals surface area (Å²) in [5.74, 6) is 0.351. The van der Waals surface area contributed by atoms with Gasteiger partial charge in [0, 0.05) is 11.3 Å². The molecule has 0 aliphatic rings. The van der Waals surface area contributed by atoms with Crippen LogP contribution >= 0.6 is 0 Å². The summed E-state index contributed by atoms with van der Waals surface area (Å²) < 4.78 is 13.9. The number of aryl methyl sites for hydroxylation is 1. The van der Waals surface area contributed by atoms with Crippen LogP contribution in [0, 0.1) is 12.7 Å². The largest absolute Gasteiger partial charge is 0.344 e. The van der Waals surface area contributed by atoms with Gasteiger partial charge in [0.05, 0.1) is 11.7 Å². The highest BCUT2D eigenvalue weighted by Crippen LogP contribution is 2.26. The molecule has 3 rings (SSSR count). The van der Waals surface area contributed by atoms with Crippen LogP contribution in [-0.4, -0.2) is 9.97 Å². The zero-order valence-corrected chi connectivity index (χ0v) is 11.7. The summed E-state index contributed by atoms with van der Waals surface area (Å²) in [6.07, 6.45) is 0. The fourth-order valence-electron chi connectivity index (χ4n) is 2.36. The number of benzene rings is 2. The highest BCUT2D eigenvalue weighted by molar-refractivity contribution is 5.62. The third-order valence-corrected chi connectivity index (χ3v) is 3.49. The molecule has 0 saturated carbocycles. The average molecular weight is 281 g/mol. The first-order chi connectivity index (χ1) is 10.2. The predicted octanol–water partition coefficient (Wildman–Crippen LogP) is 3.57. The second-order valence-corrected chi connectivity index (χ2v) is 4.96. The molecule has 4 heteroatoms. The quantitative estimate of drug-likeness (QED) is 0.771. The van der Waals surface area contributed by atoms with Gasteiger partial charge in [0.1, 0.15) is 11.6 Å². The molecule has 3 N–H and O–H groups in total. The van der Waals surface area contributed by atoms with E-state index >= 15 is 0 Å². The Labute approximate surface area is 122 Å². The Bertz CT molecular complexity index is 750. The van der Waals surface area contributed by atoms with Gasteiger partial charge in [-0.1, -0.05) is 42.5 Å². The van der Waals surface area contributed by atoms with E-state index < -0.39 is 0 Å². The molecule has 0 spiro atoms. The van der Waals surface area contributed by atoms with Gasteiger partial charge in [-0.3, -0.25) is 0 Å². The van der Waals surface area contributed by atoms with Crippen molar-refractivity contribution in [1.82, 2.24) is 9.97 Å². The number of halogens is 1. The van der Waals surface area contributed by atoms with E-state index in [1.54, 1.807) is 18.2 Å². The molecule has 0 radical (unpaired) electrons. The number of hydrogen-bond donors (Lipinski definition) is 2. The molecular formula is C17H16FN3. The lowest BCUT2D eigenvalue weighted by atomic mass is 10.1. The Morgan fingerprint density at radius 1 is 1.05 bits per heavy atom. The van der Waals surface area contributed by atoms with Crippen molar-refractivity contribution < 1.29 is 4.39 Å². The molecule has 1 unspecified atom stereocenters. The molecule has 1 aromatic heterocycles. The summed E-state index contributed by atoms with van der Waals surface area (Å²) in [6, 6.07) is 16.0. The van der Waals surface area contributed by atoms with Crippen LogP contribution in [0.25, 0.3) is 11.3 Å². The fourth-order valence-corrected chi connectivity index (χ4v) is 2.36. The molecule has 0 aliphatic carbocycles. The van der Waals surface area contributed by atoms with E-state index in [1.165, 1.54) is 6.07 Å². The van der Waals surface area contributed by atoms with Gasteiger partial charge in [-0.15, -0.1) is 0 Å². The maximum Gasteiger partial charge on any atom is 0.132 e. The number of aromatic nitrogens is 2. The topological polar surface area (TPSA) is 54.7 Å². The molecule has 0 saturated heterocycles. The van der Waals surface area contributed by atoms with Crippen LogP contribution in [0.2, 0.25) is 0 Å². The van der Waals surface area contributed by atoms with Crippen molar-refractivity contribution in [2.75, 3.05) is 0 Å². The van der Waals surface area contributed by atoms with Gasteiger partial charge in [0.2, 0.25) is 0 Å². The van der Waals surface area contributed by atoms with Crippen molar-refractivity contribution in [2.24, 2.45) is 5.73 Å². The van der Waals surface area contributed by atoms with Crippen LogP contribution < -0.4 is 5.73 Å². The van der Waals surface area contributed by atoms with Crippen LogP contribution in [0.5, 0.6) is 0 Å². The Morgan fingerprint density at radius 2 is 1.71 bits per heavy atom. The van der Waals surface area contributed by atoms with Crippen molar-refractivity contribution in [2.45, 2.75) is 13.0 Å². The molecule has 2 aromatic carbocycles. The molecule has 21 heavy (non-hydrogen) atoms. The first-order valence-corrected chi connectivity index (χ1v) is 6.78. The van der Waals surface area contributed by atoms with Crippen molar-refractivity contribution in [3.63, 3.8) is 0 Å². The fraction of sp³-hybridized carbons (Fsp3) is 0.118. The maximum atomic E-state index is 13.9. The molecule has 0 bridgehead atoms. The Morgan fingerprint density at radius 3 is 2.43 bits per heavy atom. The number of nitrogens with zero attached hydrogens (tertiary/aromatic N) is 1. The average Bonchev–Trinajstić information content (AvgIpc) is 2.90. The van der Waals surface area contributed by atoms with E-state index in [0.717, 1.165) is 11.3 Å². The highest BCUT2D eigenvalue weighted by atomic mass is 19.1. The molecule has 106 valence electrons. The Hall–Kier alpha value is -2.46. The number of H-pyrrole nitrogens is 1. The molecule has 0 amide bonds. The minimum absolute atomic E-state index is 0.285. The van der Waals surface area contributed by atoms with E-state index in [2.05, 4.69) is 9.97 Å². The van der Waals surface area contributed by atoms with Crippen LogP contribution in [0.3, 0.4) is 0 Å². The zero-order valence-electron chi connectivity index (χ0n) is 11.7. The second kappa shape index (κ2) is 5.50. The lowest BCUT2D eigenvalue weighted by Gasteiger charge is -2.08. The van der Waals surface area contributed by atoms with Gasteiger partial charge in [0.25, 0.3) is 0 Å². The molecule has 0 fully saturated rings. The standard InChI is InChI=1S/C17H16FN3/c1-11-16(13-9-5-6-10-14(13)18)21-17(20-11)15(19)12-7-3-2-4-8-12/h2-10,15H,19H2,1H3,(H,20,21). The Kier molecular flexibility index (Phi) is 3.54. The molecule has 1 heterocycles. The van der Waals surface area contributed by atoms with Crippen molar-refractivity contribution in [1.29, 1.82) is 0 Å². The normalized spacial score (nSPS) is 12.3. The van der Waals surface area contributed by atoms with E-state index in [9.17, 15) is 4.39 Å². The third kappa shape index (κ3) is 2.58. The van der Waals surface area contributed by atoms with E-state index in [1.807, 2.05) is 37.3 Å². The van der Waals surface area contributed by atoms with Gasteiger partial charge in [-0.05, 0) is 24.6 Å². The van der Waals surface area contributed by atoms with Crippen LogP contribution in [-0.2, 0) is 0 Å². The van der Waals surface area contributed by atoms with Crippen LogP contribution in [0.1, 0.15) is 23.1 Å². The number of nitrogens with one attached hydrogen (secondary N) is 1. The first kappa shape index (κ1) is 13.5. The number of nitrogens with two attached hydrogens (primary N) is 1. The Balaban J connectivity index is 2.01. The van der Waals surface area contributed by atoms with Crippen LogP contribution in [0.15, 0.2) is 54.6 Å². The maximum absolute atomic E-state index is 13.9. The molecule has 3 aromatic rings. The molecular weight excluding hydrogens is 265 g/mol. The number of imidazole rings is 1. The summed E-state index contributed by atoms with van der Waals surface area (Å²) in [5, 5.41) is 0. The predicted molar refractivity (Wildman–Crippen MR) is 81.2 cm³/mol. The number of rotatable bonds is 3. The second-order valence-electron chi connectivity index (χ2n) is 4.96. The summed E-state index contributed by atoms with van der Waals surface area (Å²) in [4.78, 5) is 7.66. The van der Waals surface area contributed by atoms with Gasteiger partial charge < -0.3 is 10.7 Å². The minimum Gasteiger partial charge on any atom is -0.344 e. The van der Waals surface area contributed by atoms with E-state index in [-0.39, 0.29) is 11.9 Å². The lowest BCUT2D eigenvalue weighted by molar-refractivity contribution is 0.630. The SMILES string of the molecule is Cc1[nH]c(C(N)c2ccccc2)nc1-c1ccccc1F. The third-order valence-electron chi connectivity index (χ3n) is 3.49. The summed E-state index contributed by atoms with van der Waals surface area (Å²) in [5.41, 5.74) is 9.09. The number of hydrogen-bond acceptors (Lipinski definition) is 2. The summed E-state index contributed by atoms with van der Waals surface area (Å²) >= 11 is 0. The number of aromatic amines is 1. The molecule has 3 nitrogen and oxygen atoms in total. The monoisotopic (exact) mass is 281 g/mol. The van der Waals surface area contributed by atoms with E-state index in [0.29, 0.717) is 17.1 Å². The van der Waals surface area contributed by atoms with Gasteiger partial charge in [-0.25, -0.2) is 9.37 Å². The van der Waals surface area contributed by atoms with Crippen molar-refractivity contribution >= 4 is 0 Å². The van der Waals surface area contributed by atoms with Crippen molar-refractivity contribution in [3.8, 4) is 11.3 Å². The smallest absolute Gasteiger partial charge is 0.132 e. The minimum atomic E-state index is -0.356. The highest BCUT2D eigenvalue weighted by Gasteiger charge is 2.17. The van der Waals surface area contributed by atoms with Crippen molar-refractivity contribution in [3.05, 3.63) is 77.5 Å². The molecule has 0 aliphatic heterocycles. The zero-order chi connectivity index (χ0) is 14.8. The summed E-state index contributed by atoms with van der Waals surface area (Å²) in [7, 11) is 0. The summed E-state index contributed by atoms with van der Waals surface area (Å²) in [6.45, 7) is 1.87. The molecule has 1 atom stereocenters. The van der Waals surface area contributed by atoms with Gasteiger partial charge in [0.15, 0.2) is 0 Å². The first-order valence-electron chi connectivity index (χ1n) is 6.78. The van der Waals surface area contributed by atoms with E-state index in [4.69, 9.17) is 5.73 Å². The van der Waals surface area contributed by atoms with Crippen LogP contribution in [0.4, 0.5) is 4.39 Å². The van der Waals surface area contributed by atoms with Gasteiger partial charge >= 0.3 is 0 Å².